The predicted octanol–water partition coefficient (Wildman–Crippen LogP) is 6.12. The summed E-state index contributed by atoms with van der Waals surface area (Å²) in [5, 5.41) is 0. The molecule has 128 valence electrons. The number of benzene rings is 1. The monoisotopic (exact) mass is 313 g/mol. The molecule has 23 heavy (non-hydrogen) atoms. The third-order valence-corrected chi connectivity index (χ3v) is 4.84. The SMILES string of the molecule is CC.CC1=C(C)C(CCC(C)N)=C(Cc2ccccc2C)CC1. The Balaban J connectivity index is 0.00000127. The van der Waals surface area contributed by atoms with E-state index in [1.54, 1.807) is 16.7 Å². The van der Waals surface area contributed by atoms with Gasteiger partial charge in [0.1, 0.15) is 0 Å². The first-order chi connectivity index (χ1) is 11.0. The van der Waals surface area contributed by atoms with E-state index >= 15 is 0 Å². The molecule has 1 unspecified atom stereocenters. The first-order valence-electron chi connectivity index (χ1n) is 9.16. The molecular formula is C22H35N. The summed E-state index contributed by atoms with van der Waals surface area (Å²) in [5.41, 5.74) is 15.1. The molecule has 1 atom stereocenters. The lowest BCUT2D eigenvalue weighted by atomic mass is 9.81. The Morgan fingerprint density at radius 2 is 1.70 bits per heavy atom. The van der Waals surface area contributed by atoms with Crippen LogP contribution in [0.3, 0.4) is 0 Å². The highest BCUT2D eigenvalue weighted by atomic mass is 14.6. The molecule has 0 amide bonds. The van der Waals surface area contributed by atoms with Crippen molar-refractivity contribution in [3.63, 3.8) is 0 Å². The second-order valence-electron chi connectivity index (χ2n) is 6.61. The minimum atomic E-state index is 0.284. The van der Waals surface area contributed by atoms with Crippen molar-refractivity contribution in [1.29, 1.82) is 0 Å². The van der Waals surface area contributed by atoms with Gasteiger partial charge in [-0.1, -0.05) is 49.3 Å². The largest absolute Gasteiger partial charge is 0.328 e. The maximum absolute atomic E-state index is 5.97. The van der Waals surface area contributed by atoms with E-state index < -0.39 is 0 Å². The number of rotatable bonds is 5. The predicted molar refractivity (Wildman–Crippen MR) is 104 cm³/mol. The third kappa shape index (κ3) is 5.66. The molecule has 1 nitrogen and oxygen atoms in total. The molecule has 1 aliphatic rings. The molecule has 0 fully saturated rings. The van der Waals surface area contributed by atoms with Gasteiger partial charge in [0.15, 0.2) is 0 Å². The summed E-state index contributed by atoms with van der Waals surface area (Å²) in [4.78, 5) is 0. The lowest BCUT2D eigenvalue weighted by Gasteiger charge is -2.25. The van der Waals surface area contributed by atoms with E-state index in [0.29, 0.717) is 0 Å². The minimum Gasteiger partial charge on any atom is -0.328 e. The van der Waals surface area contributed by atoms with Gasteiger partial charge in [-0.3, -0.25) is 0 Å². The van der Waals surface area contributed by atoms with Crippen LogP contribution >= 0.6 is 0 Å². The smallest absolute Gasteiger partial charge is 0.00136 e. The van der Waals surface area contributed by atoms with Crippen LogP contribution in [0.5, 0.6) is 0 Å². The standard InChI is InChI=1S/C20H29N.C2H6/c1-14-9-11-19(13-18-8-6-5-7-15(18)2)20(17(14)4)12-10-16(3)21;1-2/h5-8,16H,9-13,21H2,1-4H3;1-2H3. The molecule has 1 aromatic carbocycles. The van der Waals surface area contributed by atoms with E-state index in [-0.39, 0.29) is 6.04 Å². The van der Waals surface area contributed by atoms with Gasteiger partial charge in [-0.15, -0.1) is 0 Å². The Hall–Kier alpha value is -1.34. The van der Waals surface area contributed by atoms with Gasteiger partial charge in [0.05, 0.1) is 0 Å². The van der Waals surface area contributed by atoms with Crippen molar-refractivity contribution < 1.29 is 0 Å². The Bertz CT molecular complexity index is 561. The van der Waals surface area contributed by atoms with Crippen LogP contribution in [0.25, 0.3) is 0 Å². The van der Waals surface area contributed by atoms with Gasteiger partial charge >= 0.3 is 0 Å². The summed E-state index contributed by atoms with van der Waals surface area (Å²) in [6, 6.07) is 9.05. The Morgan fingerprint density at radius 3 is 2.30 bits per heavy atom. The molecular weight excluding hydrogens is 278 g/mol. The third-order valence-electron chi connectivity index (χ3n) is 4.84. The number of allylic oxidation sites excluding steroid dienone is 4. The van der Waals surface area contributed by atoms with Crippen LogP contribution in [0.1, 0.15) is 71.4 Å². The fourth-order valence-corrected chi connectivity index (χ4v) is 3.17. The molecule has 0 bridgehead atoms. The van der Waals surface area contributed by atoms with E-state index in [4.69, 9.17) is 5.73 Å². The molecule has 0 saturated carbocycles. The molecule has 0 saturated heterocycles. The van der Waals surface area contributed by atoms with Crippen LogP contribution < -0.4 is 5.73 Å². The summed E-state index contributed by atoms with van der Waals surface area (Å²) in [6.45, 7) is 12.9. The summed E-state index contributed by atoms with van der Waals surface area (Å²) in [6.07, 6.45) is 5.74. The Labute approximate surface area is 143 Å². The van der Waals surface area contributed by atoms with Crippen molar-refractivity contribution in [2.75, 3.05) is 0 Å². The van der Waals surface area contributed by atoms with Gasteiger partial charge in [0.2, 0.25) is 0 Å². The highest BCUT2D eigenvalue weighted by Crippen LogP contribution is 2.35. The maximum Gasteiger partial charge on any atom is 0.00136 e. The van der Waals surface area contributed by atoms with Crippen LogP contribution in [-0.2, 0) is 6.42 Å². The van der Waals surface area contributed by atoms with Crippen molar-refractivity contribution >= 4 is 0 Å². The zero-order valence-electron chi connectivity index (χ0n) is 16.0. The molecule has 0 aliphatic heterocycles. The molecule has 1 heteroatoms. The first kappa shape index (κ1) is 19.7. The average molecular weight is 314 g/mol. The van der Waals surface area contributed by atoms with E-state index in [1.807, 2.05) is 13.8 Å². The van der Waals surface area contributed by atoms with Gasteiger partial charge < -0.3 is 5.73 Å². The quantitative estimate of drug-likeness (QED) is 0.696. The van der Waals surface area contributed by atoms with Crippen molar-refractivity contribution in [2.24, 2.45) is 5.73 Å². The topological polar surface area (TPSA) is 26.0 Å². The fraction of sp³-hybridized carbons (Fsp3) is 0.545. The van der Waals surface area contributed by atoms with Crippen molar-refractivity contribution in [3.05, 3.63) is 57.7 Å². The van der Waals surface area contributed by atoms with E-state index in [0.717, 1.165) is 19.3 Å². The molecule has 0 spiro atoms. The second-order valence-corrected chi connectivity index (χ2v) is 6.61. The van der Waals surface area contributed by atoms with Crippen molar-refractivity contribution in [1.82, 2.24) is 0 Å². The number of hydrogen-bond donors (Lipinski definition) is 1. The van der Waals surface area contributed by atoms with Crippen LogP contribution in [0.4, 0.5) is 0 Å². The Morgan fingerprint density at radius 1 is 1.04 bits per heavy atom. The molecule has 2 rings (SSSR count). The van der Waals surface area contributed by atoms with Gasteiger partial charge in [-0.25, -0.2) is 0 Å². The molecule has 0 radical (unpaired) electrons. The van der Waals surface area contributed by atoms with Crippen LogP contribution in [0.15, 0.2) is 46.6 Å². The summed E-state index contributed by atoms with van der Waals surface area (Å²) in [7, 11) is 0. The van der Waals surface area contributed by atoms with Crippen LogP contribution in [0, 0.1) is 6.92 Å². The number of aryl methyl sites for hydroxylation is 1. The fourth-order valence-electron chi connectivity index (χ4n) is 3.17. The van der Waals surface area contributed by atoms with Gasteiger partial charge in [-0.2, -0.15) is 0 Å². The van der Waals surface area contributed by atoms with E-state index in [1.165, 1.54) is 29.5 Å². The molecule has 0 heterocycles. The minimum absolute atomic E-state index is 0.284. The normalized spacial score (nSPS) is 16.1. The van der Waals surface area contributed by atoms with Crippen LogP contribution in [-0.4, -0.2) is 6.04 Å². The lowest BCUT2D eigenvalue weighted by molar-refractivity contribution is 0.653. The van der Waals surface area contributed by atoms with Crippen molar-refractivity contribution in [2.45, 2.75) is 79.7 Å². The van der Waals surface area contributed by atoms with Crippen LogP contribution in [0.2, 0.25) is 0 Å². The number of hydrogen-bond acceptors (Lipinski definition) is 1. The summed E-state index contributed by atoms with van der Waals surface area (Å²) >= 11 is 0. The zero-order chi connectivity index (χ0) is 17.4. The number of nitrogens with two attached hydrogens (primary N) is 1. The Kier molecular flexibility index (Phi) is 8.33. The summed E-state index contributed by atoms with van der Waals surface area (Å²) < 4.78 is 0. The second kappa shape index (κ2) is 9.72. The first-order valence-corrected chi connectivity index (χ1v) is 9.16. The van der Waals surface area contributed by atoms with Gasteiger partial charge in [0.25, 0.3) is 0 Å². The molecule has 1 aromatic rings. The molecule has 2 N–H and O–H groups in total. The van der Waals surface area contributed by atoms with Gasteiger partial charge in [0, 0.05) is 6.04 Å². The maximum atomic E-state index is 5.97. The lowest BCUT2D eigenvalue weighted by Crippen LogP contribution is -2.16. The van der Waals surface area contributed by atoms with Gasteiger partial charge in [-0.05, 0) is 82.1 Å². The summed E-state index contributed by atoms with van der Waals surface area (Å²) in [5.74, 6) is 0. The van der Waals surface area contributed by atoms with E-state index in [9.17, 15) is 0 Å². The average Bonchev–Trinajstić information content (AvgIpc) is 2.54. The zero-order valence-corrected chi connectivity index (χ0v) is 16.0. The molecule has 1 aliphatic carbocycles. The van der Waals surface area contributed by atoms with E-state index in [2.05, 4.69) is 52.0 Å². The van der Waals surface area contributed by atoms with Crippen molar-refractivity contribution in [3.8, 4) is 0 Å². The molecule has 0 aromatic heterocycles. The highest BCUT2D eigenvalue weighted by molar-refractivity contribution is 5.43. The highest BCUT2D eigenvalue weighted by Gasteiger charge is 2.17.